The molecule has 2 rings (SSSR count). The molecule has 0 saturated carbocycles. The van der Waals surface area contributed by atoms with Crippen molar-refractivity contribution in [3.63, 3.8) is 0 Å². The zero-order valence-corrected chi connectivity index (χ0v) is 10.2. The molecule has 0 atom stereocenters. The highest BCUT2D eigenvalue weighted by molar-refractivity contribution is 6.33. The minimum absolute atomic E-state index is 0.0308. The van der Waals surface area contributed by atoms with Crippen LogP contribution in [0.3, 0.4) is 0 Å². The van der Waals surface area contributed by atoms with Crippen LogP contribution in [0.5, 0.6) is 0 Å². The molecule has 5 heteroatoms. The van der Waals surface area contributed by atoms with Gasteiger partial charge in [0, 0.05) is 16.3 Å². The van der Waals surface area contributed by atoms with Crippen molar-refractivity contribution in [1.82, 2.24) is 9.78 Å². The molecule has 0 spiro atoms. The van der Waals surface area contributed by atoms with Gasteiger partial charge in [-0.1, -0.05) is 11.6 Å². The highest BCUT2D eigenvalue weighted by Crippen LogP contribution is 2.20. The first kappa shape index (κ1) is 11.7. The maximum Gasteiger partial charge on any atom is 0.0731 e. The molecule has 0 aliphatic heterocycles. The van der Waals surface area contributed by atoms with Gasteiger partial charge >= 0.3 is 0 Å². The maximum absolute atomic E-state index is 10.9. The first-order chi connectivity index (χ1) is 7.99. The SMILES string of the molecule is Cc1cc(C)n(-c2ccc(Cl)c(C(=O)[O-])c2)n1. The van der Waals surface area contributed by atoms with Crippen LogP contribution in [0.15, 0.2) is 24.3 Å². The summed E-state index contributed by atoms with van der Waals surface area (Å²) in [5, 5.41) is 15.3. The van der Waals surface area contributed by atoms with Crippen LogP contribution in [0.1, 0.15) is 21.7 Å². The summed E-state index contributed by atoms with van der Waals surface area (Å²) in [5.74, 6) is -1.29. The topological polar surface area (TPSA) is 58.0 Å². The Bertz CT molecular complexity index is 590. The average molecular weight is 250 g/mol. The number of rotatable bonds is 2. The number of aryl methyl sites for hydroxylation is 2. The Morgan fingerprint density at radius 2 is 2.06 bits per heavy atom. The van der Waals surface area contributed by atoms with Crippen LogP contribution in [-0.2, 0) is 0 Å². The van der Waals surface area contributed by atoms with Crippen LogP contribution in [-0.4, -0.2) is 15.7 Å². The van der Waals surface area contributed by atoms with Crippen LogP contribution in [0.2, 0.25) is 5.02 Å². The fourth-order valence-corrected chi connectivity index (χ4v) is 1.89. The Morgan fingerprint density at radius 3 is 2.59 bits per heavy atom. The molecule has 0 radical (unpaired) electrons. The molecule has 0 fully saturated rings. The second-order valence-corrected chi connectivity index (χ2v) is 4.20. The number of carboxylic acid groups (broad SMARTS) is 1. The van der Waals surface area contributed by atoms with Crippen LogP contribution in [0, 0.1) is 13.8 Å². The zero-order chi connectivity index (χ0) is 12.6. The third-order valence-corrected chi connectivity index (χ3v) is 2.75. The number of aromatic nitrogens is 2. The van der Waals surface area contributed by atoms with Crippen molar-refractivity contribution in [2.24, 2.45) is 0 Å². The Kier molecular flexibility index (Phi) is 2.90. The van der Waals surface area contributed by atoms with Gasteiger partial charge in [0.1, 0.15) is 0 Å². The van der Waals surface area contributed by atoms with Gasteiger partial charge in [-0.25, -0.2) is 4.68 Å². The third kappa shape index (κ3) is 2.17. The predicted molar refractivity (Wildman–Crippen MR) is 62.4 cm³/mol. The van der Waals surface area contributed by atoms with E-state index in [1.807, 2.05) is 19.9 Å². The van der Waals surface area contributed by atoms with Crippen molar-refractivity contribution < 1.29 is 9.90 Å². The summed E-state index contributed by atoms with van der Waals surface area (Å²) in [6.07, 6.45) is 0. The lowest BCUT2D eigenvalue weighted by molar-refractivity contribution is -0.255. The standard InChI is InChI=1S/C12H11ClN2O2/c1-7-5-8(2)15(14-7)9-3-4-11(13)10(6-9)12(16)17/h3-6H,1-2H3,(H,16,17)/p-1. The number of carbonyl (C=O) groups excluding carboxylic acids is 1. The second-order valence-electron chi connectivity index (χ2n) is 3.79. The Hall–Kier alpha value is -1.81. The van der Waals surface area contributed by atoms with Gasteiger partial charge in [-0.3, -0.25) is 0 Å². The smallest absolute Gasteiger partial charge is 0.0731 e. The number of aromatic carboxylic acids is 1. The number of hydrogen-bond acceptors (Lipinski definition) is 3. The second kappa shape index (κ2) is 4.22. The number of carboxylic acids is 1. The predicted octanol–water partition coefficient (Wildman–Crippen LogP) is 1.51. The lowest BCUT2D eigenvalue weighted by atomic mass is 10.2. The number of nitrogens with zero attached hydrogens (tertiary/aromatic N) is 2. The lowest BCUT2D eigenvalue weighted by Gasteiger charge is -2.09. The maximum atomic E-state index is 10.9. The van der Waals surface area contributed by atoms with Gasteiger partial charge in [-0.15, -0.1) is 0 Å². The van der Waals surface area contributed by atoms with Crippen molar-refractivity contribution in [1.29, 1.82) is 0 Å². The Morgan fingerprint density at radius 1 is 1.35 bits per heavy atom. The molecule has 0 saturated heterocycles. The summed E-state index contributed by atoms with van der Waals surface area (Å²) in [6.45, 7) is 3.77. The summed E-state index contributed by atoms with van der Waals surface area (Å²) in [6, 6.07) is 6.61. The minimum atomic E-state index is -1.29. The first-order valence-electron chi connectivity index (χ1n) is 5.03. The van der Waals surface area contributed by atoms with E-state index in [9.17, 15) is 9.90 Å². The molecule has 4 nitrogen and oxygen atoms in total. The van der Waals surface area contributed by atoms with E-state index >= 15 is 0 Å². The van der Waals surface area contributed by atoms with E-state index in [0.717, 1.165) is 11.4 Å². The Labute approximate surface area is 103 Å². The van der Waals surface area contributed by atoms with Crippen LogP contribution in [0.4, 0.5) is 0 Å². The number of carbonyl (C=O) groups is 1. The number of hydrogen-bond donors (Lipinski definition) is 0. The molecule has 0 aliphatic rings. The zero-order valence-electron chi connectivity index (χ0n) is 9.40. The van der Waals surface area contributed by atoms with E-state index in [-0.39, 0.29) is 10.6 Å². The third-order valence-electron chi connectivity index (χ3n) is 2.42. The molecule has 17 heavy (non-hydrogen) atoms. The molecular weight excluding hydrogens is 240 g/mol. The van der Waals surface area contributed by atoms with Crippen molar-refractivity contribution in [3.05, 3.63) is 46.2 Å². The summed E-state index contributed by atoms with van der Waals surface area (Å²) in [5.41, 5.74) is 2.41. The van der Waals surface area contributed by atoms with E-state index in [4.69, 9.17) is 11.6 Å². The van der Waals surface area contributed by atoms with E-state index in [1.165, 1.54) is 12.1 Å². The number of benzene rings is 1. The van der Waals surface area contributed by atoms with Gasteiger partial charge in [0.2, 0.25) is 0 Å². The summed E-state index contributed by atoms with van der Waals surface area (Å²) < 4.78 is 1.66. The van der Waals surface area contributed by atoms with Crippen LogP contribution < -0.4 is 5.11 Å². The van der Waals surface area contributed by atoms with Gasteiger partial charge in [0.05, 0.1) is 17.4 Å². The lowest BCUT2D eigenvalue weighted by Crippen LogP contribution is -2.23. The van der Waals surface area contributed by atoms with Gasteiger partial charge in [-0.2, -0.15) is 5.10 Å². The minimum Gasteiger partial charge on any atom is -0.545 e. The molecule has 2 aromatic rings. The molecule has 1 heterocycles. The van der Waals surface area contributed by atoms with Crippen molar-refractivity contribution in [2.75, 3.05) is 0 Å². The van der Waals surface area contributed by atoms with Crippen LogP contribution in [0.25, 0.3) is 5.69 Å². The molecule has 88 valence electrons. The van der Waals surface area contributed by atoms with E-state index in [1.54, 1.807) is 10.7 Å². The van der Waals surface area contributed by atoms with Crippen molar-refractivity contribution >= 4 is 17.6 Å². The van der Waals surface area contributed by atoms with Gasteiger partial charge < -0.3 is 9.90 Å². The molecule has 0 N–H and O–H groups in total. The molecule has 0 bridgehead atoms. The van der Waals surface area contributed by atoms with Gasteiger partial charge in [-0.05, 0) is 38.1 Å². The van der Waals surface area contributed by atoms with Crippen LogP contribution >= 0.6 is 11.6 Å². The highest BCUT2D eigenvalue weighted by atomic mass is 35.5. The monoisotopic (exact) mass is 249 g/mol. The molecule has 0 aliphatic carbocycles. The Balaban J connectivity index is 2.57. The molecule has 1 aromatic heterocycles. The van der Waals surface area contributed by atoms with Crippen molar-refractivity contribution in [2.45, 2.75) is 13.8 Å². The van der Waals surface area contributed by atoms with E-state index in [0.29, 0.717) is 5.69 Å². The average Bonchev–Trinajstić information content (AvgIpc) is 2.58. The summed E-state index contributed by atoms with van der Waals surface area (Å²) in [4.78, 5) is 10.9. The molecule has 0 unspecified atom stereocenters. The normalized spacial score (nSPS) is 10.5. The first-order valence-corrected chi connectivity index (χ1v) is 5.41. The molecule has 1 aromatic carbocycles. The largest absolute Gasteiger partial charge is 0.545 e. The molecule has 0 amide bonds. The molecular formula is C12H10ClN2O2-. The summed E-state index contributed by atoms with van der Waals surface area (Å²) >= 11 is 5.77. The van der Waals surface area contributed by atoms with Crippen molar-refractivity contribution in [3.8, 4) is 5.69 Å². The van der Waals surface area contributed by atoms with E-state index in [2.05, 4.69) is 5.10 Å². The van der Waals surface area contributed by atoms with Gasteiger partial charge in [0.15, 0.2) is 0 Å². The van der Waals surface area contributed by atoms with Gasteiger partial charge in [0.25, 0.3) is 0 Å². The fourth-order valence-electron chi connectivity index (χ4n) is 1.69. The highest BCUT2D eigenvalue weighted by Gasteiger charge is 2.07. The quantitative estimate of drug-likeness (QED) is 0.811. The fraction of sp³-hybridized carbons (Fsp3) is 0.167. The summed E-state index contributed by atoms with van der Waals surface area (Å²) in [7, 11) is 0. The number of halogens is 1. The van der Waals surface area contributed by atoms with E-state index < -0.39 is 5.97 Å².